The van der Waals surface area contributed by atoms with Gasteiger partial charge in [0.15, 0.2) is 5.82 Å². The van der Waals surface area contributed by atoms with E-state index in [1.54, 1.807) is 12.3 Å². The zero-order valence-electron chi connectivity index (χ0n) is 13.4. The van der Waals surface area contributed by atoms with Gasteiger partial charge in [0, 0.05) is 32.3 Å². The van der Waals surface area contributed by atoms with E-state index in [0.29, 0.717) is 25.3 Å². The van der Waals surface area contributed by atoms with Gasteiger partial charge in [-0.2, -0.15) is 0 Å². The third-order valence-corrected chi connectivity index (χ3v) is 4.44. The van der Waals surface area contributed by atoms with Crippen molar-refractivity contribution in [3.8, 4) is 0 Å². The summed E-state index contributed by atoms with van der Waals surface area (Å²) < 4.78 is 7.42. The Hall–Kier alpha value is -2.48. The third-order valence-electron chi connectivity index (χ3n) is 4.44. The lowest BCUT2D eigenvalue weighted by atomic mass is 10.2. The van der Waals surface area contributed by atoms with Gasteiger partial charge in [0.1, 0.15) is 11.6 Å². The van der Waals surface area contributed by atoms with Gasteiger partial charge in [0.2, 0.25) is 0 Å². The third kappa shape index (κ3) is 2.96. The Labute approximate surface area is 139 Å². The summed E-state index contributed by atoms with van der Waals surface area (Å²) in [6, 6.07) is 3.69. The summed E-state index contributed by atoms with van der Waals surface area (Å²) in [5, 5.41) is 11.2. The molecule has 0 unspecified atom stereocenters. The number of rotatable bonds is 4. The zero-order chi connectivity index (χ0) is 16.4. The standard InChI is InChI=1S/C16H20N6O2/c23-16(18-11-15-20-19-14-2-1-5-22(14)15)12-3-4-13(17-10-12)21-6-8-24-9-7-21/h3-4,10H,1-2,5-9,11H2,(H,18,23). The minimum atomic E-state index is -0.147. The van der Waals surface area contributed by atoms with Crippen LogP contribution in [0.1, 0.15) is 28.4 Å². The lowest BCUT2D eigenvalue weighted by molar-refractivity contribution is 0.0949. The minimum Gasteiger partial charge on any atom is -0.378 e. The van der Waals surface area contributed by atoms with Gasteiger partial charge >= 0.3 is 0 Å². The molecule has 8 heteroatoms. The second-order valence-electron chi connectivity index (χ2n) is 5.97. The molecule has 4 rings (SSSR count). The smallest absolute Gasteiger partial charge is 0.253 e. The number of carbonyl (C=O) groups excluding carboxylic acids is 1. The van der Waals surface area contributed by atoms with Gasteiger partial charge in [0.25, 0.3) is 5.91 Å². The SMILES string of the molecule is O=C(NCc1nnc2n1CCC2)c1ccc(N2CCOCC2)nc1. The minimum absolute atomic E-state index is 0.147. The van der Waals surface area contributed by atoms with Crippen LogP contribution in [0.25, 0.3) is 0 Å². The van der Waals surface area contributed by atoms with E-state index in [4.69, 9.17) is 4.74 Å². The van der Waals surface area contributed by atoms with Crippen molar-refractivity contribution < 1.29 is 9.53 Å². The number of hydrogen-bond donors (Lipinski definition) is 1. The van der Waals surface area contributed by atoms with Crippen LogP contribution in [0.3, 0.4) is 0 Å². The van der Waals surface area contributed by atoms with Gasteiger partial charge < -0.3 is 19.5 Å². The number of nitrogens with one attached hydrogen (secondary N) is 1. The van der Waals surface area contributed by atoms with Crippen LogP contribution < -0.4 is 10.2 Å². The van der Waals surface area contributed by atoms with E-state index < -0.39 is 0 Å². The number of aromatic nitrogens is 4. The Kier molecular flexibility index (Phi) is 4.12. The lowest BCUT2D eigenvalue weighted by Crippen LogP contribution is -2.36. The number of amides is 1. The molecule has 1 N–H and O–H groups in total. The normalized spacial score (nSPS) is 16.9. The maximum absolute atomic E-state index is 12.3. The molecule has 0 spiro atoms. The predicted octanol–water partition coefficient (Wildman–Crippen LogP) is 0.386. The molecular formula is C16H20N6O2. The molecule has 0 radical (unpaired) electrons. The first kappa shape index (κ1) is 15.1. The van der Waals surface area contributed by atoms with Crippen molar-refractivity contribution in [3.63, 3.8) is 0 Å². The second-order valence-corrected chi connectivity index (χ2v) is 5.97. The van der Waals surface area contributed by atoms with Crippen molar-refractivity contribution in [1.29, 1.82) is 0 Å². The number of fused-ring (bicyclic) bond motifs is 1. The number of ether oxygens (including phenoxy) is 1. The van der Waals surface area contributed by atoms with Crippen molar-refractivity contribution in [2.24, 2.45) is 0 Å². The Morgan fingerprint density at radius 1 is 1.21 bits per heavy atom. The summed E-state index contributed by atoms with van der Waals surface area (Å²) >= 11 is 0. The Bertz CT molecular complexity index is 721. The van der Waals surface area contributed by atoms with Gasteiger partial charge in [-0.05, 0) is 18.6 Å². The van der Waals surface area contributed by atoms with E-state index in [0.717, 1.165) is 49.9 Å². The molecule has 0 bridgehead atoms. The van der Waals surface area contributed by atoms with E-state index in [-0.39, 0.29) is 5.91 Å². The van der Waals surface area contributed by atoms with Crippen LogP contribution in [0, 0.1) is 0 Å². The molecule has 2 aromatic rings. The highest BCUT2D eigenvalue weighted by molar-refractivity contribution is 5.93. The molecule has 8 nitrogen and oxygen atoms in total. The van der Waals surface area contributed by atoms with Crippen LogP contribution >= 0.6 is 0 Å². The summed E-state index contributed by atoms with van der Waals surface area (Å²) in [6.07, 6.45) is 3.68. The first-order valence-electron chi connectivity index (χ1n) is 8.29. The molecule has 0 aliphatic carbocycles. The number of pyridine rings is 1. The molecule has 0 atom stereocenters. The molecular weight excluding hydrogens is 308 g/mol. The van der Waals surface area contributed by atoms with Gasteiger partial charge in [-0.1, -0.05) is 0 Å². The number of carbonyl (C=O) groups is 1. The van der Waals surface area contributed by atoms with Crippen molar-refractivity contribution in [3.05, 3.63) is 35.5 Å². The molecule has 1 amide bonds. The van der Waals surface area contributed by atoms with Crippen molar-refractivity contribution in [2.45, 2.75) is 25.9 Å². The molecule has 4 heterocycles. The molecule has 126 valence electrons. The summed E-state index contributed by atoms with van der Waals surface area (Å²) in [4.78, 5) is 18.8. The fourth-order valence-electron chi connectivity index (χ4n) is 3.10. The predicted molar refractivity (Wildman–Crippen MR) is 86.8 cm³/mol. The topological polar surface area (TPSA) is 85.2 Å². The maximum atomic E-state index is 12.3. The molecule has 0 saturated carbocycles. The van der Waals surface area contributed by atoms with Crippen molar-refractivity contribution in [2.75, 3.05) is 31.2 Å². The molecule has 2 aliphatic heterocycles. The molecule has 2 aliphatic rings. The number of nitrogens with zero attached hydrogens (tertiary/aromatic N) is 5. The quantitative estimate of drug-likeness (QED) is 0.874. The average Bonchev–Trinajstić information content (AvgIpc) is 3.25. The summed E-state index contributed by atoms with van der Waals surface area (Å²) in [7, 11) is 0. The Balaban J connectivity index is 1.37. The summed E-state index contributed by atoms with van der Waals surface area (Å²) in [5.41, 5.74) is 0.549. The molecule has 1 fully saturated rings. The van der Waals surface area contributed by atoms with E-state index in [2.05, 4.69) is 30.0 Å². The second kappa shape index (κ2) is 6.56. The molecule has 24 heavy (non-hydrogen) atoms. The highest BCUT2D eigenvalue weighted by atomic mass is 16.5. The molecule has 1 saturated heterocycles. The first-order valence-corrected chi connectivity index (χ1v) is 8.29. The van der Waals surface area contributed by atoms with Gasteiger partial charge in [-0.15, -0.1) is 10.2 Å². The zero-order valence-corrected chi connectivity index (χ0v) is 13.4. The van der Waals surface area contributed by atoms with E-state index >= 15 is 0 Å². The van der Waals surface area contributed by atoms with Gasteiger partial charge in [0.05, 0.1) is 25.3 Å². The van der Waals surface area contributed by atoms with Crippen LogP contribution in [0.5, 0.6) is 0 Å². The van der Waals surface area contributed by atoms with Gasteiger partial charge in [-0.3, -0.25) is 4.79 Å². The van der Waals surface area contributed by atoms with Crippen LogP contribution in [-0.2, 0) is 24.2 Å². The monoisotopic (exact) mass is 328 g/mol. The number of aryl methyl sites for hydroxylation is 1. The largest absolute Gasteiger partial charge is 0.378 e. The fraction of sp³-hybridized carbons (Fsp3) is 0.500. The van der Waals surface area contributed by atoms with Crippen molar-refractivity contribution in [1.82, 2.24) is 25.1 Å². The highest BCUT2D eigenvalue weighted by Gasteiger charge is 2.18. The maximum Gasteiger partial charge on any atom is 0.253 e. The van der Waals surface area contributed by atoms with Crippen molar-refractivity contribution >= 4 is 11.7 Å². The molecule has 2 aromatic heterocycles. The summed E-state index contributed by atoms with van der Waals surface area (Å²) in [5.74, 6) is 2.56. The van der Waals surface area contributed by atoms with E-state index in [1.165, 1.54) is 0 Å². The Morgan fingerprint density at radius 3 is 2.88 bits per heavy atom. The van der Waals surface area contributed by atoms with Gasteiger partial charge in [-0.25, -0.2) is 4.98 Å². The Morgan fingerprint density at radius 2 is 2.08 bits per heavy atom. The van der Waals surface area contributed by atoms with Crippen LogP contribution in [0.15, 0.2) is 18.3 Å². The van der Waals surface area contributed by atoms with E-state index in [9.17, 15) is 4.79 Å². The average molecular weight is 328 g/mol. The van der Waals surface area contributed by atoms with Crippen LogP contribution in [0.2, 0.25) is 0 Å². The fourth-order valence-corrected chi connectivity index (χ4v) is 3.10. The summed E-state index contributed by atoms with van der Waals surface area (Å²) in [6.45, 7) is 4.41. The number of hydrogen-bond acceptors (Lipinski definition) is 6. The lowest BCUT2D eigenvalue weighted by Gasteiger charge is -2.27. The number of morpholine rings is 1. The van der Waals surface area contributed by atoms with Crippen LogP contribution in [0.4, 0.5) is 5.82 Å². The highest BCUT2D eigenvalue weighted by Crippen LogP contribution is 2.15. The number of anilines is 1. The van der Waals surface area contributed by atoms with E-state index in [1.807, 2.05) is 6.07 Å². The first-order chi connectivity index (χ1) is 11.8. The van der Waals surface area contributed by atoms with Crippen LogP contribution in [-0.4, -0.2) is 52.0 Å². The molecule has 0 aromatic carbocycles.